The normalized spacial score (nSPS) is 11.2. The van der Waals surface area contributed by atoms with Gasteiger partial charge in [-0.2, -0.15) is 5.10 Å². The molecule has 0 saturated heterocycles. The third-order valence-electron chi connectivity index (χ3n) is 4.18. The van der Waals surface area contributed by atoms with Gasteiger partial charge in [0.25, 0.3) is 0 Å². The zero-order valence-electron chi connectivity index (χ0n) is 14.9. The second-order valence-corrected chi connectivity index (χ2v) is 6.37. The number of aryl methyl sites for hydroxylation is 2. The van der Waals surface area contributed by atoms with Crippen molar-refractivity contribution >= 4 is 34.4 Å². The van der Waals surface area contributed by atoms with Gasteiger partial charge in [0.1, 0.15) is 10.9 Å². The van der Waals surface area contributed by atoms with Gasteiger partial charge in [0.2, 0.25) is 5.91 Å². The molecule has 1 N–H and O–H groups in total. The van der Waals surface area contributed by atoms with Crippen molar-refractivity contribution in [1.82, 2.24) is 15.1 Å². The summed E-state index contributed by atoms with van der Waals surface area (Å²) in [4.78, 5) is 12.1. The Balaban J connectivity index is 1.65. The first-order valence-electron chi connectivity index (χ1n) is 8.19. The monoisotopic (exact) mass is 369 g/mol. The molecule has 6 heteroatoms. The highest BCUT2D eigenvalue weighted by Crippen LogP contribution is 2.22. The number of benzene rings is 2. The highest BCUT2D eigenvalue weighted by atomic mass is 35.5. The van der Waals surface area contributed by atoms with Gasteiger partial charge in [0.05, 0.1) is 12.8 Å². The number of halogens is 1. The SMILES string of the molecule is COc1ccc2cc(CNC(=O)/C=C/c3c(C)nn(C)c3Cl)ccc2c1. The van der Waals surface area contributed by atoms with Gasteiger partial charge < -0.3 is 10.1 Å². The molecule has 0 saturated carbocycles. The van der Waals surface area contributed by atoms with Crippen LogP contribution in [0, 0.1) is 6.92 Å². The van der Waals surface area contributed by atoms with Crippen LogP contribution in [0.3, 0.4) is 0 Å². The van der Waals surface area contributed by atoms with Crippen LogP contribution in [0.2, 0.25) is 5.15 Å². The van der Waals surface area contributed by atoms with Crippen molar-refractivity contribution in [1.29, 1.82) is 0 Å². The predicted molar refractivity (Wildman–Crippen MR) is 104 cm³/mol. The summed E-state index contributed by atoms with van der Waals surface area (Å²) in [6.07, 6.45) is 3.16. The maximum Gasteiger partial charge on any atom is 0.244 e. The number of hydrogen-bond acceptors (Lipinski definition) is 3. The van der Waals surface area contributed by atoms with Gasteiger partial charge in [-0.15, -0.1) is 0 Å². The lowest BCUT2D eigenvalue weighted by atomic mass is 10.1. The van der Waals surface area contributed by atoms with E-state index < -0.39 is 0 Å². The van der Waals surface area contributed by atoms with Crippen molar-refractivity contribution in [3.63, 3.8) is 0 Å². The second-order valence-electron chi connectivity index (χ2n) is 6.01. The van der Waals surface area contributed by atoms with Crippen LogP contribution in [-0.4, -0.2) is 22.8 Å². The van der Waals surface area contributed by atoms with Gasteiger partial charge in [-0.1, -0.05) is 29.8 Å². The van der Waals surface area contributed by atoms with Crippen LogP contribution in [0.25, 0.3) is 16.8 Å². The number of nitrogens with one attached hydrogen (secondary N) is 1. The standard InChI is InChI=1S/C20H20ClN3O2/c1-13-18(20(21)24(2)23-13)8-9-19(25)22-12-14-4-5-16-11-17(26-3)7-6-15(16)10-14/h4-11H,12H2,1-3H3,(H,22,25)/b9-8+. The van der Waals surface area contributed by atoms with Crippen LogP contribution in [-0.2, 0) is 18.4 Å². The van der Waals surface area contributed by atoms with Crippen LogP contribution >= 0.6 is 11.6 Å². The maximum absolute atomic E-state index is 12.1. The molecule has 0 fully saturated rings. The molecule has 0 spiro atoms. The quantitative estimate of drug-likeness (QED) is 0.694. The summed E-state index contributed by atoms with van der Waals surface area (Å²) < 4.78 is 6.82. The van der Waals surface area contributed by atoms with E-state index in [2.05, 4.69) is 16.5 Å². The molecule has 26 heavy (non-hydrogen) atoms. The van der Waals surface area contributed by atoms with Crippen LogP contribution in [0.5, 0.6) is 5.75 Å². The third kappa shape index (κ3) is 3.89. The summed E-state index contributed by atoms with van der Waals surface area (Å²) in [6, 6.07) is 12.0. The molecule has 1 aromatic heterocycles. The molecule has 3 aromatic rings. The number of amides is 1. The van der Waals surface area contributed by atoms with E-state index in [9.17, 15) is 4.79 Å². The van der Waals surface area contributed by atoms with Crippen molar-refractivity contribution in [3.05, 3.63) is 64.4 Å². The Morgan fingerprint density at radius 1 is 1.27 bits per heavy atom. The molecule has 0 bridgehead atoms. The summed E-state index contributed by atoms with van der Waals surface area (Å²) >= 11 is 6.16. The molecule has 1 amide bonds. The molecule has 1 heterocycles. The van der Waals surface area contributed by atoms with E-state index in [0.717, 1.165) is 33.3 Å². The Kier molecular flexibility index (Phi) is 5.28. The van der Waals surface area contributed by atoms with Crippen molar-refractivity contribution < 1.29 is 9.53 Å². The molecular weight excluding hydrogens is 350 g/mol. The largest absolute Gasteiger partial charge is 0.497 e. The highest BCUT2D eigenvalue weighted by molar-refractivity contribution is 6.31. The Morgan fingerprint density at radius 3 is 2.69 bits per heavy atom. The van der Waals surface area contributed by atoms with E-state index >= 15 is 0 Å². The number of carbonyl (C=O) groups excluding carboxylic acids is 1. The van der Waals surface area contributed by atoms with E-state index in [4.69, 9.17) is 16.3 Å². The summed E-state index contributed by atoms with van der Waals surface area (Å²) in [7, 11) is 3.42. The molecule has 0 aliphatic heterocycles. The number of hydrogen-bond donors (Lipinski definition) is 1. The predicted octanol–water partition coefficient (Wildman–Crippen LogP) is 3.87. The lowest BCUT2D eigenvalue weighted by Gasteiger charge is -2.06. The molecule has 0 aliphatic rings. The minimum atomic E-state index is -0.181. The fourth-order valence-electron chi connectivity index (χ4n) is 2.75. The number of carbonyl (C=O) groups is 1. The van der Waals surface area contributed by atoms with Crippen molar-refractivity contribution in [2.45, 2.75) is 13.5 Å². The van der Waals surface area contributed by atoms with Gasteiger partial charge in [0, 0.05) is 25.2 Å². The second kappa shape index (κ2) is 7.62. The molecule has 2 aromatic carbocycles. The van der Waals surface area contributed by atoms with Gasteiger partial charge in [-0.05, 0) is 47.5 Å². The number of rotatable bonds is 5. The van der Waals surface area contributed by atoms with E-state index in [1.807, 2.05) is 37.3 Å². The zero-order valence-corrected chi connectivity index (χ0v) is 15.7. The first kappa shape index (κ1) is 18.0. The average molecular weight is 370 g/mol. The van der Waals surface area contributed by atoms with Crippen molar-refractivity contribution in [2.24, 2.45) is 7.05 Å². The fourth-order valence-corrected chi connectivity index (χ4v) is 2.99. The molecular formula is C20H20ClN3O2. The first-order chi connectivity index (χ1) is 12.5. The van der Waals surface area contributed by atoms with Gasteiger partial charge in [0.15, 0.2) is 0 Å². The van der Waals surface area contributed by atoms with Crippen molar-refractivity contribution in [2.75, 3.05) is 7.11 Å². The Bertz CT molecular complexity index is 992. The zero-order chi connectivity index (χ0) is 18.7. The number of aromatic nitrogens is 2. The van der Waals surface area contributed by atoms with Crippen LogP contribution in [0.4, 0.5) is 0 Å². The Hall–Kier alpha value is -2.79. The minimum absolute atomic E-state index is 0.181. The van der Waals surface area contributed by atoms with Gasteiger partial charge >= 0.3 is 0 Å². The van der Waals surface area contributed by atoms with E-state index in [-0.39, 0.29) is 5.91 Å². The number of ether oxygens (including phenoxy) is 1. The molecule has 3 rings (SSSR count). The third-order valence-corrected chi connectivity index (χ3v) is 4.62. The summed E-state index contributed by atoms with van der Waals surface area (Å²) in [6.45, 7) is 2.30. The van der Waals surface area contributed by atoms with Crippen LogP contribution in [0.15, 0.2) is 42.5 Å². The number of methoxy groups -OCH3 is 1. The number of nitrogens with zero attached hydrogens (tertiary/aromatic N) is 2. The van der Waals surface area contributed by atoms with E-state index in [0.29, 0.717) is 11.7 Å². The smallest absolute Gasteiger partial charge is 0.244 e. The topological polar surface area (TPSA) is 56.1 Å². The fraction of sp³-hybridized carbons (Fsp3) is 0.200. The van der Waals surface area contributed by atoms with E-state index in [1.165, 1.54) is 6.08 Å². The van der Waals surface area contributed by atoms with Gasteiger partial charge in [-0.25, -0.2) is 0 Å². The Labute approximate surface area is 157 Å². The summed E-state index contributed by atoms with van der Waals surface area (Å²) in [5.74, 6) is 0.646. The highest BCUT2D eigenvalue weighted by Gasteiger charge is 2.08. The average Bonchev–Trinajstić information content (AvgIpc) is 2.89. The van der Waals surface area contributed by atoms with Crippen LogP contribution < -0.4 is 10.1 Å². The molecule has 5 nitrogen and oxygen atoms in total. The molecule has 0 aliphatic carbocycles. The lowest BCUT2D eigenvalue weighted by Crippen LogP contribution is -2.20. The lowest BCUT2D eigenvalue weighted by molar-refractivity contribution is -0.116. The summed E-state index contributed by atoms with van der Waals surface area (Å²) in [5.41, 5.74) is 2.57. The Morgan fingerprint density at radius 2 is 2.00 bits per heavy atom. The molecule has 0 radical (unpaired) electrons. The maximum atomic E-state index is 12.1. The molecule has 0 atom stereocenters. The molecule has 0 unspecified atom stereocenters. The first-order valence-corrected chi connectivity index (χ1v) is 8.57. The van der Waals surface area contributed by atoms with Gasteiger partial charge in [-0.3, -0.25) is 9.48 Å². The minimum Gasteiger partial charge on any atom is -0.497 e. The van der Waals surface area contributed by atoms with E-state index in [1.54, 1.807) is 24.9 Å². The number of fused-ring (bicyclic) bond motifs is 1. The van der Waals surface area contributed by atoms with Crippen LogP contribution in [0.1, 0.15) is 16.8 Å². The van der Waals surface area contributed by atoms with Crippen molar-refractivity contribution in [3.8, 4) is 5.75 Å². The molecule has 134 valence electrons. The summed E-state index contributed by atoms with van der Waals surface area (Å²) in [5, 5.41) is 9.81.